The Morgan fingerprint density at radius 3 is 2.79 bits per heavy atom. The Kier molecular flexibility index (Phi) is 6.60. The highest BCUT2D eigenvalue weighted by Crippen LogP contribution is 2.28. The van der Waals surface area contributed by atoms with E-state index in [1.165, 1.54) is 5.56 Å². The SMILES string of the molecule is CN(Cc1ccc2cc1CCc1cncc(c1)Nc1ncc(Cl)c(n1)N2)C(=O)C1CCNCC1. The zero-order valence-corrected chi connectivity index (χ0v) is 19.9. The van der Waals surface area contributed by atoms with Gasteiger partial charge in [-0.25, -0.2) is 4.98 Å². The summed E-state index contributed by atoms with van der Waals surface area (Å²) in [5, 5.41) is 10.3. The van der Waals surface area contributed by atoms with E-state index in [1.807, 2.05) is 24.2 Å². The van der Waals surface area contributed by atoms with Crippen molar-refractivity contribution >= 4 is 40.6 Å². The van der Waals surface area contributed by atoms with Crippen molar-refractivity contribution in [2.45, 2.75) is 32.2 Å². The number of benzene rings is 1. The molecule has 1 fully saturated rings. The standard InChI is InChI=1S/C25H28ClN7O/c1-33(24(34)17-6-8-27-9-7-17)15-19-4-5-20-11-18(19)3-2-16-10-21(13-28-12-16)31-25-29-14-22(26)23(30-20)32-25/h4-5,10-14,17,27H,2-3,6-9,15H2,1H3,(H2,29,30,31,32). The van der Waals surface area contributed by atoms with Gasteiger partial charge in [0.05, 0.1) is 18.1 Å². The molecule has 2 aliphatic rings. The third-order valence-electron chi connectivity index (χ3n) is 6.42. The van der Waals surface area contributed by atoms with Crippen LogP contribution >= 0.6 is 11.6 Å². The number of aryl methyl sites for hydroxylation is 2. The lowest BCUT2D eigenvalue weighted by Crippen LogP contribution is -2.39. The van der Waals surface area contributed by atoms with Gasteiger partial charge in [0.15, 0.2) is 5.82 Å². The second kappa shape index (κ2) is 9.95. The maximum atomic E-state index is 13.0. The van der Waals surface area contributed by atoms with Crippen LogP contribution in [0.4, 0.5) is 23.1 Å². The van der Waals surface area contributed by atoms with Gasteiger partial charge in [0.2, 0.25) is 11.9 Å². The zero-order chi connectivity index (χ0) is 23.5. The zero-order valence-electron chi connectivity index (χ0n) is 19.1. The molecule has 9 heteroatoms. The average Bonchev–Trinajstić information content (AvgIpc) is 2.86. The number of carbonyl (C=O) groups excluding carboxylic acids is 1. The van der Waals surface area contributed by atoms with Gasteiger partial charge in [0, 0.05) is 31.4 Å². The quantitative estimate of drug-likeness (QED) is 0.523. The first kappa shape index (κ1) is 22.6. The largest absolute Gasteiger partial charge is 0.341 e. The Labute approximate surface area is 204 Å². The second-order valence-corrected chi connectivity index (χ2v) is 9.33. The number of rotatable bonds is 3. The van der Waals surface area contributed by atoms with Gasteiger partial charge in [-0.05, 0) is 73.7 Å². The van der Waals surface area contributed by atoms with Crippen molar-refractivity contribution in [2.75, 3.05) is 30.8 Å². The number of aromatic nitrogens is 3. The summed E-state index contributed by atoms with van der Waals surface area (Å²) in [6, 6.07) is 8.28. The van der Waals surface area contributed by atoms with Crippen molar-refractivity contribution in [3.63, 3.8) is 0 Å². The third-order valence-corrected chi connectivity index (χ3v) is 6.70. The van der Waals surface area contributed by atoms with Crippen molar-refractivity contribution in [2.24, 2.45) is 5.92 Å². The summed E-state index contributed by atoms with van der Waals surface area (Å²) in [7, 11) is 1.91. The molecule has 0 saturated carbocycles. The molecule has 2 aromatic heterocycles. The summed E-state index contributed by atoms with van der Waals surface area (Å²) >= 11 is 6.37. The molecule has 8 nitrogen and oxygen atoms in total. The van der Waals surface area contributed by atoms with Gasteiger partial charge in [-0.15, -0.1) is 0 Å². The fraction of sp³-hybridized carbons (Fsp3) is 0.360. The molecule has 2 aliphatic heterocycles. The molecule has 0 radical (unpaired) electrons. The van der Waals surface area contributed by atoms with E-state index >= 15 is 0 Å². The summed E-state index contributed by atoms with van der Waals surface area (Å²) in [5.74, 6) is 1.30. The number of fused-ring (bicyclic) bond motifs is 6. The van der Waals surface area contributed by atoms with Crippen LogP contribution in [0.15, 0.2) is 42.9 Å². The highest BCUT2D eigenvalue weighted by molar-refractivity contribution is 6.32. The number of hydrogen-bond donors (Lipinski definition) is 3. The molecule has 0 unspecified atom stereocenters. The molecule has 0 spiro atoms. The predicted molar refractivity (Wildman–Crippen MR) is 134 cm³/mol. The van der Waals surface area contributed by atoms with Crippen LogP contribution in [0.3, 0.4) is 0 Å². The average molecular weight is 478 g/mol. The molecule has 34 heavy (non-hydrogen) atoms. The molecule has 1 amide bonds. The number of anilines is 4. The van der Waals surface area contributed by atoms with Gasteiger partial charge < -0.3 is 20.9 Å². The number of nitrogens with one attached hydrogen (secondary N) is 3. The molecule has 3 N–H and O–H groups in total. The topological polar surface area (TPSA) is 95.1 Å². The number of pyridine rings is 1. The van der Waals surface area contributed by atoms with Crippen LogP contribution in [-0.2, 0) is 24.2 Å². The highest BCUT2D eigenvalue weighted by Gasteiger charge is 2.24. The van der Waals surface area contributed by atoms with Crippen molar-refractivity contribution in [1.29, 1.82) is 0 Å². The van der Waals surface area contributed by atoms with E-state index in [1.54, 1.807) is 12.4 Å². The Balaban J connectivity index is 1.45. The minimum Gasteiger partial charge on any atom is -0.341 e. The van der Waals surface area contributed by atoms with Gasteiger partial charge >= 0.3 is 0 Å². The lowest BCUT2D eigenvalue weighted by Gasteiger charge is -2.27. The monoisotopic (exact) mass is 477 g/mol. The normalized spacial score (nSPS) is 15.7. The van der Waals surface area contributed by atoms with Crippen LogP contribution in [0.2, 0.25) is 5.02 Å². The molecular weight excluding hydrogens is 450 g/mol. The summed E-state index contributed by atoms with van der Waals surface area (Å²) in [4.78, 5) is 28.1. The van der Waals surface area contributed by atoms with E-state index in [-0.39, 0.29) is 11.8 Å². The van der Waals surface area contributed by atoms with Crippen molar-refractivity contribution in [3.05, 3.63) is 64.6 Å². The van der Waals surface area contributed by atoms with Crippen molar-refractivity contribution in [1.82, 2.24) is 25.2 Å². The maximum absolute atomic E-state index is 13.0. The van der Waals surface area contributed by atoms with E-state index in [9.17, 15) is 4.79 Å². The Bertz CT molecular complexity index is 1200. The van der Waals surface area contributed by atoms with Gasteiger partial charge in [0.25, 0.3) is 0 Å². The lowest BCUT2D eigenvalue weighted by atomic mass is 9.95. The molecule has 0 atom stereocenters. The van der Waals surface area contributed by atoms with E-state index < -0.39 is 0 Å². The molecule has 4 heterocycles. The number of amides is 1. The number of piperidine rings is 1. The number of carbonyl (C=O) groups is 1. The van der Waals surface area contributed by atoms with Gasteiger partial charge in [-0.3, -0.25) is 9.78 Å². The summed E-state index contributed by atoms with van der Waals surface area (Å²) in [5.41, 5.74) is 5.15. The smallest absolute Gasteiger partial charge is 0.229 e. The molecule has 3 aromatic rings. The maximum Gasteiger partial charge on any atom is 0.229 e. The summed E-state index contributed by atoms with van der Waals surface area (Å²) in [6.07, 6.45) is 8.66. The first-order valence-corrected chi connectivity index (χ1v) is 12.0. The van der Waals surface area contributed by atoms with Gasteiger partial charge in [-0.2, -0.15) is 4.98 Å². The molecule has 1 aromatic carbocycles. The summed E-state index contributed by atoms with van der Waals surface area (Å²) in [6.45, 7) is 2.40. The van der Waals surface area contributed by atoms with Gasteiger partial charge in [0.1, 0.15) is 5.02 Å². The fourth-order valence-corrected chi connectivity index (χ4v) is 4.70. The molecule has 1 saturated heterocycles. The van der Waals surface area contributed by atoms with Crippen LogP contribution in [0.25, 0.3) is 0 Å². The molecule has 5 rings (SSSR count). The first-order chi connectivity index (χ1) is 16.5. The van der Waals surface area contributed by atoms with Gasteiger partial charge in [-0.1, -0.05) is 17.7 Å². The van der Waals surface area contributed by atoms with Crippen LogP contribution in [0.5, 0.6) is 0 Å². The van der Waals surface area contributed by atoms with Crippen molar-refractivity contribution < 1.29 is 4.79 Å². The molecule has 0 aliphatic carbocycles. The van der Waals surface area contributed by atoms with E-state index in [2.05, 4.69) is 49.1 Å². The van der Waals surface area contributed by atoms with Crippen LogP contribution in [0, 0.1) is 5.92 Å². The number of halogens is 1. The molecule has 176 valence electrons. The summed E-state index contributed by atoms with van der Waals surface area (Å²) < 4.78 is 0. The van der Waals surface area contributed by atoms with Crippen LogP contribution in [0.1, 0.15) is 29.5 Å². The third kappa shape index (κ3) is 5.13. The molecule has 6 bridgehead atoms. The Hall–Kier alpha value is -3.23. The van der Waals surface area contributed by atoms with E-state index in [0.29, 0.717) is 23.3 Å². The van der Waals surface area contributed by atoms with Crippen LogP contribution < -0.4 is 16.0 Å². The van der Waals surface area contributed by atoms with E-state index in [4.69, 9.17) is 11.6 Å². The highest BCUT2D eigenvalue weighted by atomic mass is 35.5. The first-order valence-electron chi connectivity index (χ1n) is 11.6. The van der Waals surface area contributed by atoms with Crippen LogP contribution in [-0.4, -0.2) is 45.9 Å². The minimum atomic E-state index is 0.104. The predicted octanol–water partition coefficient (Wildman–Crippen LogP) is 4.07. The number of hydrogen-bond acceptors (Lipinski definition) is 7. The lowest BCUT2D eigenvalue weighted by molar-refractivity contribution is -0.135. The minimum absolute atomic E-state index is 0.104. The Morgan fingerprint density at radius 1 is 1.09 bits per heavy atom. The molecular formula is C25H28ClN7O. The fourth-order valence-electron chi connectivity index (χ4n) is 4.56. The van der Waals surface area contributed by atoms with E-state index in [0.717, 1.165) is 61.3 Å². The number of nitrogens with zero attached hydrogens (tertiary/aromatic N) is 4. The Morgan fingerprint density at radius 2 is 1.94 bits per heavy atom. The van der Waals surface area contributed by atoms with Crippen molar-refractivity contribution in [3.8, 4) is 0 Å². The second-order valence-electron chi connectivity index (χ2n) is 8.92.